The molecule has 0 fully saturated rings. The third-order valence-electron chi connectivity index (χ3n) is 6.41. The zero-order valence-corrected chi connectivity index (χ0v) is 20.6. The fourth-order valence-electron chi connectivity index (χ4n) is 4.44. The molecule has 1 aromatic carbocycles. The minimum Gasteiger partial charge on any atom is -0.433 e. The van der Waals surface area contributed by atoms with Crippen molar-refractivity contribution in [3.05, 3.63) is 52.6 Å². The van der Waals surface area contributed by atoms with Gasteiger partial charge in [-0.05, 0) is 45.4 Å². The Morgan fingerprint density at radius 3 is 2.69 bits per heavy atom. The van der Waals surface area contributed by atoms with Crippen LogP contribution in [-0.4, -0.2) is 44.1 Å². The molecule has 3 heterocycles. The van der Waals surface area contributed by atoms with Crippen molar-refractivity contribution >= 4 is 38.8 Å². The average molecular weight is 530 g/mol. The summed E-state index contributed by atoms with van der Waals surface area (Å²) >= 11 is 6.01. The van der Waals surface area contributed by atoms with E-state index < -0.39 is 43.6 Å². The zero-order valence-electron chi connectivity index (χ0n) is 19.0. The van der Waals surface area contributed by atoms with Crippen LogP contribution in [0, 0.1) is 5.82 Å². The van der Waals surface area contributed by atoms with Gasteiger partial charge in [0.25, 0.3) is 5.91 Å². The van der Waals surface area contributed by atoms with Gasteiger partial charge in [0.15, 0.2) is 0 Å². The first kappa shape index (κ1) is 25.2. The molecule has 188 valence electrons. The lowest BCUT2D eigenvalue weighted by molar-refractivity contribution is -0.0500. The summed E-state index contributed by atoms with van der Waals surface area (Å²) in [6, 6.07) is 4.92. The number of ether oxygens (including phenoxy) is 1. The highest BCUT2D eigenvalue weighted by molar-refractivity contribution is 7.96. The number of hydrogen-bond donors (Lipinski definition) is 2. The molecule has 1 aromatic heterocycles. The van der Waals surface area contributed by atoms with Crippen molar-refractivity contribution in [1.29, 1.82) is 0 Å². The minimum atomic E-state index is -3.07. The van der Waals surface area contributed by atoms with Gasteiger partial charge < -0.3 is 15.8 Å². The Labute approximate surface area is 205 Å². The van der Waals surface area contributed by atoms with Crippen LogP contribution in [-0.2, 0) is 15.3 Å². The fourth-order valence-corrected chi connectivity index (χ4v) is 7.85. The molecule has 0 spiro atoms. The van der Waals surface area contributed by atoms with Crippen LogP contribution < -0.4 is 15.8 Å². The molecule has 3 N–H and O–H groups in total. The van der Waals surface area contributed by atoms with Crippen molar-refractivity contribution in [2.24, 2.45) is 15.1 Å². The van der Waals surface area contributed by atoms with Gasteiger partial charge in [-0.25, -0.2) is 17.9 Å². The third kappa shape index (κ3) is 4.12. The second-order valence-corrected chi connectivity index (χ2v) is 12.3. The van der Waals surface area contributed by atoms with Crippen LogP contribution in [0.15, 0.2) is 39.8 Å². The molecule has 13 heteroatoms. The van der Waals surface area contributed by atoms with Gasteiger partial charge in [0.05, 0.1) is 26.2 Å². The van der Waals surface area contributed by atoms with Gasteiger partial charge in [-0.3, -0.25) is 9.79 Å². The lowest BCUT2D eigenvalue weighted by Gasteiger charge is -2.44. The summed E-state index contributed by atoms with van der Waals surface area (Å²) in [4.78, 5) is 21.1. The predicted octanol–water partition coefficient (Wildman–Crippen LogP) is 4.33. The topological polar surface area (TPSA) is 119 Å². The van der Waals surface area contributed by atoms with Crippen molar-refractivity contribution in [2.45, 2.75) is 49.3 Å². The molecule has 0 saturated carbocycles. The van der Waals surface area contributed by atoms with E-state index in [9.17, 15) is 17.8 Å². The van der Waals surface area contributed by atoms with Crippen molar-refractivity contribution in [3.8, 4) is 5.75 Å². The Balaban J connectivity index is 1.69. The monoisotopic (exact) mass is 529 g/mol. The number of nitrogens with one attached hydrogen (secondary N) is 1. The summed E-state index contributed by atoms with van der Waals surface area (Å²) in [5.74, 6) is -1.56. The summed E-state index contributed by atoms with van der Waals surface area (Å²) in [6.07, 6.45) is 1.38. The number of rotatable bonds is 5. The Kier molecular flexibility index (Phi) is 6.25. The molecule has 2 aliphatic heterocycles. The quantitative estimate of drug-likeness (QED) is 0.597. The van der Waals surface area contributed by atoms with Crippen molar-refractivity contribution in [1.82, 2.24) is 4.98 Å². The molecule has 8 nitrogen and oxygen atoms in total. The Morgan fingerprint density at radius 2 is 2.03 bits per heavy atom. The molecule has 0 saturated heterocycles. The van der Waals surface area contributed by atoms with Gasteiger partial charge in [-0.15, -0.1) is 0 Å². The summed E-state index contributed by atoms with van der Waals surface area (Å²) in [5, 5.41) is 1.76. The highest BCUT2D eigenvalue weighted by Gasteiger charge is 2.56. The number of benzene rings is 1. The summed E-state index contributed by atoms with van der Waals surface area (Å²) < 4.78 is 61.4. The number of amidine groups is 1. The van der Waals surface area contributed by atoms with Crippen molar-refractivity contribution in [2.75, 3.05) is 11.9 Å². The van der Waals surface area contributed by atoms with Gasteiger partial charge in [0, 0.05) is 23.9 Å². The number of alkyl halides is 2. The van der Waals surface area contributed by atoms with E-state index in [0.29, 0.717) is 13.0 Å². The van der Waals surface area contributed by atoms with E-state index in [1.165, 1.54) is 12.1 Å². The van der Waals surface area contributed by atoms with Crippen molar-refractivity contribution in [3.63, 3.8) is 0 Å². The molecule has 0 bridgehead atoms. The number of nitrogens with two attached hydrogens (primary N) is 1. The molecule has 1 unspecified atom stereocenters. The Bertz CT molecular complexity index is 1360. The molecule has 1 amide bonds. The second-order valence-electron chi connectivity index (χ2n) is 8.88. The maximum Gasteiger partial charge on any atom is 0.387 e. The zero-order chi connectivity index (χ0) is 25.8. The lowest BCUT2D eigenvalue weighted by atomic mass is 9.85. The van der Waals surface area contributed by atoms with Crippen LogP contribution in [0.3, 0.4) is 0 Å². The first-order chi connectivity index (χ1) is 16.3. The molecule has 0 aliphatic carbocycles. The molecule has 3 atom stereocenters. The number of fused-ring (bicyclic) bond motifs is 1. The lowest BCUT2D eigenvalue weighted by Crippen LogP contribution is -2.58. The number of amides is 1. The molecular formula is C22H23ClF3N5O3S. The molecule has 4 rings (SSSR count). The number of pyridine rings is 1. The van der Waals surface area contributed by atoms with E-state index in [1.54, 1.807) is 20.8 Å². The van der Waals surface area contributed by atoms with Gasteiger partial charge in [0.1, 0.15) is 33.4 Å². The molecular weight excluding hydrogens is 507 g/mol. The first-order valence-electron chi connectivity index (χ1n) is 10.6. The first-order valence-corrected chi connectivity index (χ1v) is 12.5. The Hall–Kier alpha value is -2.86. The van der Waals surface area contributed by atoms with E-state index in [1.807, 2.05) is 0 Å². The smallest absolute Gasteiger partial charge is 0.387 e. The Morgan fingerprint density at radius 1 is 1.31 bits per heavy atom. The number of halogens is 4. The van der Waals surface area contributed by atoms with Crippen LogP contribution in [0.2, 0.25) is 5.02 Å². The van der Waals surface area contributed by atoms with E-state index in [4.69, 9.17) is 17.3 Å². The van der Waals surface area contributed by atoms with Gasteiger partial charge in [-0.2, -0.15) is 8.78 Å². The van der Waals surface area contributed by atoms with Gasteiger partial charge in [-0.1, -0.05) is 11.6 Å². The number of anilines is 1. The fraction of sp³-hybridized carbons (Fsp3) is 0.409. The largest absolute Gasteiger partial charge is 0.433 e. The van der Waals surface area contributed by atoms with Crippen LogP contribution in [0.5, 0.6) is 5.75 Å². The van der Waals surface area contributed by atoms with Crippen LogP contribution >= 0.6 is 11.6 Å². The van der Waals surface area contributed by atoms with E-state index in [2.05, 4.69) is 24.4 Å². The summed E-state index contributed by atoms with van der Waals surface area (Å²) in [6.45, 7) is 2.37. The number of carbonyl (C=O) groups excluding carboxylic acids is 1. The maximum absolute atomic E-state index is 15.1. The molecule has 0 radical (unpaired) electrons. The van der Waals surface area contributed by atoms with E-state index in [-0.39, 0.29) is 33.6 Å². The number of nitrogens with zero attached hydrogens (tertiary/aromatic N) is 3. The van der Waals surface area contributed by atoms with E-state index >= 15 is 4.39 Å². The van der Waals surface area contributed by atoms with Gasteiger partial charge in [0.2, 0.25) is 0 Å². The summed E-state index contributed by atoms with van der Waals surface area (Å²) in [5.41, 5.74) is 4.97. The highest BCUT2D eigenvalue weighted by atomic mass is 35.5. The standard InChI is InChI=1S/C22H23ClF3N5O3S/c1-21(2)19(27)31-22(3,16-6-7-29-35(16,21)33)13-8-11(4-5-15(13)24)30-18(32)17-14(23)9-12(10-28-17)34-20(25)26/h4-5,8-10,16,20H,6-7H2,1-3H3,(H2,27,31)(H,30,32)/t16-,22+,35?/m0/s1. The molecule has 2 aromatic rings. The maximum atomic E-state index is 15.1. The van der Waals surface area contributed by atoms with Crippen LogP contribution in [0.25, 0.3) is 0 Å². The number of hydrogen-bond acceptors (Lipinski definition) is 7. The normalized spacial score (nSPS) is 27.1. The summed E-state index contributed by atoms with van der Waals surface area (Å²) in [7, 11) is -2.87. The third-order valence-corrected chi connectivity index (χ3v) is 10.4. The molecule has 35 heavy (non-hydrogen) atoms. The van der Waals surface area contributed by atoms with Crippen LogP contribution in [0.1, 0.15) is 43.2 Å². The van der Waals surface area contributed by atoms with Gasteiger partial charge >= 0.3 is 6.61 Å². The molecule has 2 aliphatic rings. The highest BCUT2D eigenvalue weighted by Crippen LogP contribution is 2.48. The minimum absolute atomic E-state index is 0.100. The number of carbonyl (C=O) groups is 1. The SMILES string of the molecule is CC1(C)C(N)=N[C@](C)(c2cc(NC(=O)c3ncc(OC(F)F)cc3Cl)ccc2F)[C@@H]2CCN=S21=O. The van der Waals surface area contributed by atoms with E-state index in [0.717, 1.165) is 18.3 Å². The number of aliphatic imine (C=N–C) groups is 1. The second kappa shape index (κ2) is 8.66. The van der Waals surface area contributed by atoms with Crippen LogP contribution in [0.4, 0.5) is 18.9 Å². The average Bonchev–Trinajstić information content (AvgIpc) is 3.18. The van der Waals surface area contributed by atoms with Crippen molar-refractivity contribution < 1.29 is 26.9 Å². The number of aromatic nitrogens is 1. The predicted molar refractivity (Wildman–Crippen MR) is 127 cm³/mol.